The molecule has 1 aromatic heterocycles. The molecule has 0 bridgehead atoms. The van der Waals surface area contributed by atoms with Crippen LogP contribution in [0.5, 0.6) is 0 Å². The van der Waals surface area contributed by atoms with Crippen LogP contribution in [0, 0.1) is 5.82 Å². The first kappa shape index (κ1) is 16.7. The first-order valence-electron chi connectivity index (χ1n) is 8.88. The number of imidazole rings is 1. The van der Waals surface area contributed by atoms with Crippen molar-refractivity contribution in [2.45, 2.75) is 18.9 Å². The Morgan fingerprint density at radius 3 is 2.73 bits per heavy atom. The lowest BCUT2D eigenvalue weighted by atomic mass is 10.0. The first-order chi connectivity index (χ1) is 12.7. The third-order valence-corrected chi connectivity index (χ3v) is 4.97. The van der Waals surface area contributed by atoms with Gasteiger partial charge >= 0.3 is 0 Å². The molecule has 0 unspecified atom stereocenters. The average molecular weight is 352 g/mol. The highest BCUT2D eigenvalue weighted by Crippen LogP contribution is 2.33. The molecule has 0 atom stereocenters. The molecule has 134 valence electrons. The van der Waals surface area contributed by atoms with E-state index in [0.717, 1.165) is 37.0 Å². The average Bonchev–Trinajstić information content (AvgIpc) is 3.07. The molecule has 3 aromatic rings. The lowest BCUT2D eigenvalue weighted by molar-refractivity contribution is 0.0962. The van der Waals surface area contributed by atoms with Crippen LogP contribution < -0.4 is 10.6 Å². The van der Waals surface area contributed by atoms with Crippen molar-refractivity contribution >= 4 is 16.9 Å². The molecule has 2 heterocycles. The second-order valence-corrected chi connectivity index (χ2v) is 6.55. The van der Waals surface area contributed by atoms with Crippen LogP contribution in [0.25, 0.3) is 22.4 Å². The van der Waals surface area contributed by atoms with E-state index in [1.165, 1.54) is 13.1 Å². The summed E-state index contributed by atoms with van der Waals surface area (Å²) >= 11 is 0. The van der Waals surface area contributed by atoms with E-state index in [2.05, 4.69) is 15.2 Å². The molecule has 0 saturated carbocycles. The van der Waals surface area contributed by atoms with Gasteiger partial charge in [0, 0.05) is 18.7 Å². The Balaban J connectivity index is 1.87. The van der Waals surface area contributed by atoms with Gasteiger partial charge in [0.05, 0.1) is 16.6 Å². The molecular formula is C20H21FN4O. The topological polar surface area (TPSA) is 59.0 Å². The molecule has 2 N–H and O–H groups in total. The summed E-state index contributed by atoms with van der Waals surface area (Å²) in [4.78, 5) is 16.5. The molecule has 5 nitrogen and oxygen atoms in total. The minimum atomic E-state index is -0.434. The highest BCUT2D eigenvalue weighted by molar-refractivity contribution is 5.94. The molecule has 0 aliphatic carbocycles. The zero-order valence-corrected chi connectivity index (χ0v) is 14.6. The molecule has 1 saturated heterocycles. The van der Waals surface area contributed by atoms with Crippen LogP contribution >= 0.6 is 0 Å². The minimum Gasteiger partial charge on any atom is -0.355 e. The van der Waals surface area contributed by atoms with E-state index in [1.54, 1.807) is 12.1 Å². The van der Waals surface area contributed by atoms with Crippen molar-refractivity contribution < 1.29 is 9.18 Å². The van der Waals surface area contributed by atoms with Crippen molar-refractivity contribution in [2.75, 3.05) is 20.1 Å². The van der Waals surface area contributed by atoms with Crippen molar-refractivity contribution in [1.82, 2.24) is 20.2 Å². The van der Waals surface area contributed by atoms with Crippen molar-refractivity contribution in [2.24, 2.45) is 0 Å². The quantitative estimate of drug-likeness (QED) is 0.761. The van der Waals surface area contributed by atoms with Crippen molar-refractivity contribution in [1.29, 1.82) is 0 Å². The van der Waals surface area contributed by atoms with Gasteiger partial charge in [-0.25, -0.2) is 9.37 Å². The summed E-state index contributed by atoms with van der Waals surface area (Å²) in [7, 11) is 1.53. The maximum Gasteiger partial charge on any atom is 0.251 e. The Bertz CT molecular complexity index is 960. The maximum absolute atomic E-state index is 14.9. The van der Waals surface area contributed by atoms with E-state index in [0.29, 0.717) is 17.0 Å². The minimum absolute atomic E-state index is 0.275. The number of aromatic nitrogens is 2. The molecule has 1 fully saturated rings. The number of fused-ring (bicyclic) bond motifs is 1. The van der Waals surface area contributed by atoms with Crippen LogP contribution in [0.15, 0.2) is 42.5 Å². The Morgan fingerprint density at radius 1 is 1.23 bits per heavy atom. The number of benzene rings is 2. The number of nitrogens with zero attached hydrogens (tertiary/aromatic N) is 2. The number of hydrogen-bond donors (Lipinski definition) is 2. The Morgan fingerprint density at radius 2 is 2.00 bits per heavy atom. The summed E-state index contributed by atoms with van der Waals surface area (Å²) in [6.45, 7) is 1.88. The zero-order valence-electron chi connectivity index (χ0n) is 14.6. The standard InChI is InChI=1S/C20H21FN4O/c1-22-20(26)13-6-7-15(16(21)12-13)19-24-17-4-2-3-5-18(17)25(19)14-8-10-23-11-9-14/h2-7,12,14,23H,8-11H2,1H3,(H,22,26). The molecule has 1 aliphatic rings. The normalized spacial score (nSPS) is 15.3. The third-order valence-electron chi connectivity index (χ3n) is 4.97. The highest BCUT2D eigenvalue weighted by Gasteiger charge is 2.23. The smallest absolute Gasteiger partial charge is 0.251 e. The fourth-order valence-corrected chi connectivity index (χ4v) is 3.65. The largest absolute Gasteiger partial charge is 0.355 e. The lowest BCUT2D eigenvalue weighted by Gasteiger charge is -2.26. The molecular weight excluding hydrogens is 331 g/mol. The van der Waals surface area contributed by atoms with Gasteiger partial charge in [-0.05, 0) is 56.3 Å². The van der Waals surface area contributed by atoms with E-state index < -0.39 is 5.82 Å². The Hall–Kier alpha value is -2.73. The van der Waals surface area contributed by atoms with E-state index in [9.17, 15) is 9.18 Å². The van der Waals surface area contributed by atoms with Gasteiger partial charge in [0.2, 0.25) is 0 Å². The van der Waals surface area contributed by atoms with E-state index in [1.807, 2.05) is 24.3 Å². The fourth-order valence-electron chi connectivity index (χ4n) is 3.65. The molecule has 0 radical (unpaired) electrons. The second kappa shape index (κ2) is 6.88. The predicted molar refractivity (Wildman–Crippen MR) is 99.7 cm³/mol. The number of nitrogens with one attached hydrogen (secondary N) is 2. The Labute approximate surface area is 151 Å². The zero-order chi connectivity index (χ0) is 18.1. The number of rotatable bonds is 3. The van der Waals surface area contributed by atoms with Crippen LogP contribution in [-0.2, 0) is 0 Å². The molecule has 1 amide bonds. The number of amides is 1. The van der Waals surface area contributed by atoms with Crippen LogP contribution in [0.4, 0.5) is 4.39 Å². The van der Waals surface area contributed by atoms with Gasteiger partial charge in [0.1, 0.15) is 11.6 Å². The first-order valence-corrected chi connectivity index (χ1v) is 8.88. The van der Waals surface area contributed by atoms with E-state index in [-0.39, 0.29) is 11.9 Å². The summed E-state index contributed by atoms with van der Waals surface area (Å²) in [6, 6.07) is 12.8. The Kier molecular flexibility index (Phi) is 4.42. The van der Waals surface area contributed by atoms with Crippen molar-refractivity contribution in [3.05, 3.63) is 53.8 Å². The van der Waals surface area contributed by atoms with Crippen LogP contribution in [0.3, 0.4) is 0 Å². The van der Waals surface area contributed by atoms with E-state index >= 15 is 0 Å². The van der Waals surface area contributed by atoms with Gasteiger partial charge < -0.3 is 15.2 Å². The number of carbonyl (C=O) groups excluding carboxylic acids is 1. The van der Waals surface area contributed by atoms with Gasteiger partial charge in [0.15, 0.2) is 0 Å². The molecule has 6 heteroatoms. The van der Waals surface area contributed by atoms with Crippen LogP contribution in [-0.4, -0.2) is 35.6 Å². The molecule has 26 heavy (non-hydrogen) atoms. The molecule has 1 aliphatic heterocycles. The summed E-state index contributed by atoms with van der Waals surface area (Å²) < 4.78 is 17.0. The summed E-state index contributed by atoms with van der Waals surface area (Å²) in [5, 5.41) is 5.89. The SMILES string of the molecule is CNC(=O)c1ccc(-c2nc3ccccc3n2C2CCNCC2)c(F)c1. The molecule has 2 aromatic carbocycles. The number of carbonyl (C=O) groups is 1. The van der Waals surface area contributed by atoms with Gasteiger partial charge in [-0.15, -0.1) is 0 Å². The number of piperidine rings is 1. The third kappa shape index (κ3) is 2.86. The fraction of sp³-hybridized carbons (Fsp3) is 0.300. The molecule has 0 spiro atoms. The maximum atomic E-state index is 14.9. The van der Waals surface area contributed by atoms with E-state index in [4.69, 9.17) is 4.98 Å². The number of hydrogen-bond acceptors (Lipinski definition) is 3. The summed E-state index contributed by atoms with van der Waals surface area (Å²) in [6.07, 6.45) is 1.95. The predicted octanol–water partition coefficient (Wildman–Crippen LogP) is 3.13. The van der Waals surface area contributed by atoms with Gasteiger partial charge in [-0.2, -0.15) is 0 Å². The van der Waals surface area contributed by atoms with Crippen molar-refractivity contribution in [3.63, 3.8) is 0 Å². The second-order valence-electron chi connectivity index (χ2n) is 6.55. The van der Waals surface area contributed by atoms with Gasteiger partial charge in [-0.3, -0.25) is 4.79 Å². The monoisotopic (exact) mass is 352 g/mol. The van der Waals surface area contributed by atoms with Crippen LogP contribution in [0.2, 0.25) is 0 Å². The lowest BCUT2D eigenvalue weighted by Crippen LogP contribution is -2.29. The van der Waals surface area contributed by atoms with Crippen LogP contribution in [0.1, 0.15) is 29.2 Å². The van der Waals surface area contributed by atoms with Gasteiger partial charge in [-0.1, -0.05) is 12.1 Å². The van der Waals surface area contributed by atoms with Crippen molar-refractivity contribution in [3.8, 4) is 11.4 Å². The summed E-state index contributed by atoms with van der Waals surface area (Å²) in [5.41, 5.74) is 2.60. The number of halogens is 1. The number of para-hydroxylation sites is 2. The molecule has 4 rings (SSSR count). The highest BCUT2D eigenvalue weighted by atomic mass is 19.1. The van der Waals surface area contributed by atoms with Gasteiger partial charge in [0.25, 0.3) is 5.91 Å². The summed E-state index contributed by atoms with van der Waals surface area (Å²) in [5.74, 6) is -0.113.